The second-order valence-electron chi connectivity index (χ2n) is 3.22. The van der Waals surface area contributed by atoms with Crippen LogP contribution in [0.4, 0.5) is 0 Å². The molecule has 16 heavy (non-hydrogen) atoms. The summed E-state index contributed by atoms with van der Waals surface area (Å²) in [5.74, 6) is 0. The van der Waals surface area contributed by atoms with Gasteiger partial charge in [-0.15, -0.1) is 0 Å². The van der Waals surface area contributed by atoms with Crippen LogP contribution in [0, 0.1) is 13.8 Å². The van der Waals surface area contributed by atoms with Gasteiger partial charge in [-0.1, -0.05) is 13.8 Å². The molecule has 3 nitrogen and oxygen atoms in total. The van der Waals surface area contributed by atoms with Crippen molar-refractivity contribution in [2.24, 2.45) is 7.05 Å². The smallest absolute Gasteiger partial charge is 0.0518 e. The van der Waals surface area contributed by atoms with E-state index >= 15 is 0 Å². The number of aryl methyl sites for hydroxylation is 3. The van der Waals surface area contributed by atoms with E-state index in [1.165, 1.54) is 11.1 Å². The number of hydrogen-bond acceptors (Lipinski definition) is 2. The van der Waals surface area contributed by atoms with Crippen LogP contribution in [0.5, 0.6) is 0 Å². The third kappa shape index (κ3) is 6.76. The maximum atomic E-state index is 3.93. The Morgan fingerprint density at radius 2 is 1.56 bits per heavy atom. The first-order chi connectivity index (χ1) is 7.68. The van der Waals surface area contributed by atoms with E-state index in [-0.39, 0.29) is 0 Å². The van der Waals surface area contributed by atoms with E-state index in [2.05, 4.69) is 10.1 Å². The average Bonchev–Trinajstić information content (AvgIpc) is 2.67. The van der Waals surface area contributed by atoms with Gasteiger partial charge in [0.05, 0.1) is 6.20 Å². The van der Waals surface area contributed by atoms with Crippen LogP contribution in [0.3, 0.4) is 0 Å². The summed E-state index contributed by atoms with van der Waals surface area (Å²) in [4.78, 5) is 3.85. The Balaban J connectivity index is 0.000000244. The van der Waals surface area contributed by atoms with Gasteiger partial charge < -0.3 is 0 Å². The fourth-order valence-corrected chi connectivity index (χ4v) is 0.970. The van der Waals surface area contributed by atoms with E-state index in [9.17, 15) is 0 Å². The molecule has 2 aromatic rings. The van der Waals surface area contributed by atoms with E-state index in [0.717, 1.165) is 0 Å². The van der Waals surface area contributed by atoms with E-state index < -0.39 is 0 Å². The van der Waals surface area contributed by atoms with Gasteiger partial charge in [-0.3, -0.25) is 9.67 Å². The molecule has 2 heterocycles. The first-order valence-corrected chi connectivity index (χ1v) is 5.50. The number of nitrogens with zero attached hydrogens (tertiary/aromatic N) is 3. The minimum atomic E-state index is 1.21. The molecule has 0 aliphatic rings. The molecule has 2 aromatic heterocycles. The first kappa shape index (κ1) is 14.4. The van der Waals surface area contributed by atoms with Crippen molar-refractivity contribution in [1.82, 2.24) is 14.8 Å². The molecule has 0 unspecified atom stereocenters. The van der Waals surface area contributed by atoms with Gasteiger partial charge in [0.2, 0.25) is 0 Å². The van der Waals surface area contributed by atoms with Crippen LogP contribution in [0.1, 0.15) is 25.0 Å². The summed E-state index contributed by atoms with van der Waals surface area (Å²) in [5.41, 5.74) is 2.47. The molecule has 0 atom stereocenters. The lowest BCUT2D eigenvalue weighted by Gasteiger charge is -1.82. The molecule has 0 saturated heterocycles. The lowest BCUT2D eigenvalue weighted by atomic mass is 10.3. The predicted molar refractivity (Wildman–Crippen MR) is 68.3 cm³/mol. The Kier molecular flexibility index (Phi) is 7.76. The molecule has 0 spiro atoms. The molecule has 0 bridgehead atoms. The minimum Gasteiger partial charge on any atom is -0.276 e. The zero-order valence-electron chi connectivity index (χ0n) is 10.8. The highest BCUT2D eigenvalue weighted by molar-refractivity contribution is 5.05. The van der Waals surface area contributed by atoms with Gasteiger partial charge in [-0.25, -0.2) is 0 Å². The quantitative estimate of drug-likeness (QED) is 0.681. The van der Waals surface area contributed by atoms with Crippen molar-refractivity contribution in [3.63, 3.8) is 0 Å². The van der Waals surface area contributed by atoms with Crippen LogP contribution < -0.4 is 0 Å². The summed E-state index contributed by atoms with van der Waals surface area (Å²) >= 11 is 0. The summed E-state index contributed by atoms with van der Waals surface area (Å²) in [6.45, 7) is 8.06. The van der Waals surface area contributed by atoms with Crippen molar-refractivity contribution in [1.29, 1.82) is 0 Å². The number of hydrogen-bond donors (Lipinski definition) is 0. The normalized spacial score (nSPS) is 8.31. The maximum Gasteiger partial charge on any atom is 0.0518 e. The molecule has 0 amide bonds. The Morgan fingerprint density at radius 3 is 1.75 bits per heavy atom. The van der Waals surface area contributed by atoms with Crippen molar-refractivity contribution in [3.8, 4) is 0 Å². The van der Waals surface area contributed by atoms with Crippen molar-refractivity contribution >= 4 is 0 Å². The lowest BCUT2D eigenvalue weighted by molar-refractivity contribution is 0.767. The van der Waals surface area contributed by atoms with Crippen molar-refractivity contribution in [2.45, 2.75) is 27.7 Å². The number of pyridine rings is 1. The Bertz CT molecular complexity index is 349. The van der Waals surface area contributed by atoms with Crippen LogP contribution in [0.2, 0.25) is 0 Å². The van der Waals surface area contributed by atoms with E-state index in [0.29, 0.717) is 0 Å². The van der Waals surface area contributed by atoms with E-state index in [1.807, 2.05) is 59.3 Å². The van der Waals surface area contributed by atoms with Crippen molar-refractivity contribution < 1.29 is 0 Å². The van der Waals surface area contributed by atoms with Crippen LogP contribution in [0.25, 0.3) is 0 Å². The summed E-state index contributed by atoms with van der Waals surface area (Å²) in [5, 5.41) is 3.93. The minimum absolute atomic E-state index is 1.21. The van der Waals surface area contributed by atoms with Crippen LogP contribution in [-0.4, -0.2) is 14.8 Å². The first-order valence-electron chi connectivity index (χ1n) is 5.50. The highest BCUT2D eigenvalue weighted by Crippen LogP contribution is 1.89. The highest BCUT2D eigenvalue weighted by Gasteiger charge is 1.81. The monoisotopic (exact) mass is 219 g/mol. The predicted octanol–water partition coefficient (Wildman–Crippen LogP) is 3.14. The summed E-state index contributed by atoms with van der Waals surface area (Å²) in [6.07, 6.45) is 7.38. The fraction of sp³-hybridized carbons (Fsp3) is 0.385. The molecule has 2 rings (SSSR count). The SMILES string of the molecule is CC.Cc1ccncc1.Cc1cnn(C)c1. The molecule has 3 heteroatoms. The van der Waals surface area contributed by atoms with Crippen LogP contribution >= 0.6 is 0 Å². The van der Waals surface area contributed by atoms with Crippen LogP contribution in [-0.2, 0) is 7.05 Å². The molecular formula is C13H21N3. The largest absolute Gasteiger partial charge is 0.276 e. The lowest BCUT2D eigenvalue weighted by Crippen LogP contribution is -1.83. The topological polar surface area (TPSA) is 30.7 Å². The van der Waals surface area contributed by atoms with Gasteiger partial charge in [0.15, 0.2) is 0 Å². The zero-order valence-corrected chi connectivity index (χ0v) is 10.8. The Labute approximate surface area is 98.2 Å². The van der Waals surface area contributed by atoms with Gasteiger partial charge in [0.25, 0.3) is 0 Å². The average molecular weight is 219 g/mol. The molecule has 0 aliphatic heterocycles. The highest BCUT2D eigenvalue weighted by atomic mass is 15.2. The fourth-order valence-electron chi connectivity index (χ4n) is 0.970. The molecule has 0 N–H and O–H groups in total. The molecular weight excluding hydrogens is 198 g/mol. The van der Waals surface area contributed by atoms with Crippen molar-refractivity contribution in [2.75, 3.05) is 0 Å². The van der Waals surface area contributed by atoms with Crippen molar-refractivity contribution in [3.05, 3.63) is 48.0 Å². The second kappa shape index (κ2) is 8.65. The van der Waals surface area contributed by atoms with Gasteiger partial charge in [-0.05, 0) is 37.1 Å². The number of aromatic nitrogens is 3. The van der Waals surface area contributed by atoms with Gasteiger partial charge in [-0.2, -0.15) is 5.10 Å². The molecule has 0 saturated carbocycles. The number of rotatable bonds is 0. The second-order valence-corrected chi connectivity index (χ2v) is 3.22. The summed E-state index contributed by atoms with van der Waals surface area (Å²) in [6, 6.07) is 3.94. The zero-order chi connectivity index (χ0) is 12.4. The third-order valence-corrected chi connectivity index (χ3v) is 1.68. The van der Waals surface area contributed by atoms with Gasteiger partial charge in [0.1, 0.15) is 0 Å². The Hall–Kier alpha value is -1.64. The molecule has 0 radical (unpaired) electrons. The third-order valence-electron chi connectivity index (χ3n) is 1.68. The van der Waals surface area contributed by atoms with E-state index in [4.69, 9.17) is 0 Å². The molecule has 0 fully saturated rings. The molecule has 88 valence electrons. The summed E-state index contributed by atoms with van der Waals surface area (Å²) in [7, 11) is 1.91. The molecule has 0 aliphatic carbocycles. The van der Waals surface area contributed by atoms with E-state index in [1.54, 1.807) is 17.1 Å². The Morgan fingerprint density at radius 1 is 1.00 bits per heavy atom. The van der Waals surface area contributed by atoms with Gasteiger partial charge >= 0.3 is 0 Å². The summed E-state index contributed by atoms with van der Waals surface area (Å²) < 4.78 is 1.79. The van der Waals surface area contributed by atoms with Crippen LogP contribution in [0.15, 0.2) is 36.9 Å². The maximum absolute atomic E-state index is 3.93. The standard InChI is InChI=1S/C6H7N.C5H8N2.C2H6/c1-6-2-4-7-5-3-6;1-5-3-6-7(2)4-5;1-2/h2-5H,1H3;3-4H,1-2H3;1-2H3. The van der Waals surface area contributed by atoms with Gasteiger partial charge in [0, 0.05) is 25.6 Å². The molecule has 0 aromatic carbocycles.